The standard InChI is InChI=1S/C26H44N4.C7H7F.C3H6.C2H6/c1-8-13-22(6)28-25(21(4)5)17-20-30(18-9-2)19-12-11-14-24-16-15-23(10-3)26(27-7)29-24;1-6-2-4-7(8)5-3-6;1-3-2;1-2/h8,13,15-16,25,28H,4,6,9-12,14,17-20H2,1-3,5,7H3,(H,27,29);2-5H,1H3;3H,1H2,2H3;1-2H3/b13-8-;;;. The lowest BCUT2D eigenvalue weighted by Crippen LogP contribution is -2.35. The fourth-order valence-electron chi connectivity index (χ4n) is 4.22. The second-order valence-corrected chi connectivity index (χ2v) is 10.3. The van der Waals surface area contributed by atoms with Gasteiger partial charge in [0.1, 0.15) is 11.6 Å². The number of hydrogen-bond acceptors (Lipinski definition) is 4. The molecule has 1 heterocycles. The molecule has 5 heteroatoms. The summed E-state index contributed by atoms with van der Waals surface area (Å²) in [6, 6.07) is 11.1. The van der Waals surface area contributed by atoms with Gasteiger partial charge >= 0.3 is 0 Å². The van der Waals surface area contributed by atoms with Gasteiger partial charge in [0.15, 0.2) is 0 Å². The molecule has 43 heavy (non-hydrogen) atoms. The zero-order valence-electron chi connectivity index (χ0n) is 29.0. The van der Waals surface area contributed by atoms with Crippen molar-refractivity contribution in [2.24, 2.45) is 0 Å². The first-order valence-electron chi connectivity index (χ1n) is 16.1. The molecule has 0 aliphatic rings. The molecule has 0 aliphatic carbocycles. The van der Waals surface area contributed by atoms with E-state index in [1.165, 1.54) is 48.2 Å². The lowest BCUT2D eigenvalue weighted by Gasteiger charge is -2.26. The Bertz CT molecular complexity index is 1010. The van der Waals surface area contributed by atoms with E-state index in [-0.39, 0.29) is 11.9 Å². The minimum Gasteiger partial charge on any atom is -0.379 e. The summed E-state index contributed by atoms with van der Waals surface area (Å²) in [7, 11) is 1.95. The summed E-state index contributed by atoms with van der Waals surface area (Å²) in [6.07, 6.45) is 12.4. The summed E-state index contributed by atoms with van der Waals surface area (Å²) < 4.78 is 12.1. The van der Waals surface area contributed by atoms with Crippen LogP contribution < -0.4 is 10.6 Å². The highest BCUT2D eigenvalue weighted by Gasteiger charge is 2.12. The molecule has 1 atom stereocenters. The van der Waals surface area contributed by atoms with Gasteiger partial charge < -0.3 is 15.5 Å². The molecule has 0 radical (unpaired) electrons. The maximum atomic E-state index is 12.1. The average molecular weight is 595 g/mol. The summed E-state index contributed by atoms with van der Waals surface area (Å²) in [4.78, 5) is 7.37. The first kappa shape index (κ1) is 42.0. The minimum atomic E-state index is -0.171. The molecule has 0 aliphatic heterocycles. The molecule has 0 fully saturated rings. The summed E-state index contributed by atoms with van der Waals surface area (Å²) in [5.74, 6) is 0.857. The number of nitrogens with zero attached hydrogens (tertiary/aromatic N) is 2. The first-order chi connectivity index (χ1) is 20.6. The minimum absolute atomic E-state index is 0.171. The van der Waals surface area contributed by atoms with Crippen LogP contribution in [0, 0.1) is 12.7 Å². The molecule has 242 valence electrons. The zero-order valence-corrected chi connectivity index (χ0v) is 29.0. The third-order valence-corrected chi connectivity index (χ3v) is 6.42. The molecule has 1 unspecified atom stereocenters. The predicted molar refractivity (Wildman–Crippen MR) is 191 cm³/mol. The van der Waals surface area contributed by atoms with Crippen molar-refractivity contribution in [1.29, 1.82) is 0 Å². The van der Waals surface area contributed by atoms with Crippen LogP contribution in [0.15, 0.2) is 85.6 Å². The Kier molecular flexibility index (Phi) is 27.0. The lowest BCUT2D eigenvalue weighted by molar-refractivity contribution is 0.258. The van der Waals surface area contributed by atoms with Crippen molar-refractivity contribution >= 4 is 5.82 Å². The Morgan fingerprint density at radius 3 is 2.12 bits per heavy atom. The van der Waals surface area contributed by atoms with Crippen molar-refractivity contribution in [2.75, 3.05) is 32.0 Å². The van der Waals surface area contributed by atoms with Gasteiger partial charge in [0, 0.05) is 31.0 Å². The van der Waals surface area contributed by atoms with Gasteiger partial charge in [-0.05, 0) is 109 Å². The number of rotatable bonds is 16. The van der Waals surface area contributed by atoms with E-state index in [9.17, 15) is 4.39 Å². The lowest BCUT2D eigenvalue weighted by atomic mass is 10.1. The van der Waals surface area contributed by atoms with Gasteiger partial charge in [-0.15, -0.1) is 6.58 Å². The Morgan fingerprint density at radius 1 is 1.00 bits per heavy atom. The van der Waals surface area contributed by atoms with E-state index in [1.54, 1.807) is 18.2 Å². The van der Waals surface area contributed by atoms with Crippen molar-refractivity contribution < 1.29 is 4.39 Å². The van der Waals surface area contributed by atoms with Crippen molar-refractivity contribution in [3.63, 3.8) is 0 Å². The quantitative estimate of drug-likeness (QED) is 0.115. The second kappa shape index (κ2) is 27.6. The highest BCUT2D eigenvalue weighted by atomic mass is 19.1. The van der Waals surface area contributed by atoms with Crippen molar-refractivity contribution in [1.82, 2.24) is 15.2 Å². The van der Waals surface area contributed by atoms with Gasteiger partial charge in [-0.25, -0.2) is 9.37 Å². The molecule has 0 saturated carbocycles. The zero-order chi connectivity index (χ0) is 33.0. The molecule has 2 rings (SSSR count). The number of hydrogen-bond donors (Lipinski definition) is 2. The fraction of sp³-hybridized carbons (Fsp3) is 0.500. The van der Waals surface area contributed by atoms with Crippen LogP contribution in [0.5, 0.6) is 0 Å². The number of nitrogens with one attached hydrogen (secondary N) is 2. The van der Waals surface area contributed by atoms with Crippen LogP contribution in [-0.4, -0.2) is 42.6 Å². The third kappa shape index (κ3) is 21.2. The molecule has 2 aromatic rings. The van der Waals surface area contributed by atoms with E-state index in [1.807, 2.05) is 53.8 Å². The van der Waals surface area contributed by atoms with Crippen LogP contribution in [0.2, 0.25) is 0 Å². The smallest absolute Gasteiger partial charge is 0.129 e. The topological polar surface area (TPSA) is 40.2 Å². The van der Waals surface area contributed by atoms with Crippen LogP contribution in [0.1, 0.15) is 91.0 Å². The van der Waals surface area contributed by atoms with E-state index in [4.69, 9.17) is 4.98 Å². The summed E-state index contributed by atoms with van der Waals surface area (Å²) in [5.41, 5.74) is 5.68. The van der Waals surface area contributed by atoms with E-state index < -0.39 is 0 Å². The molecule has 0 amide bonds. The third-order valence-electron chi connectivity index (χ3n) is 6.42. The highest BCUT2D eigenvalue weighted by molar-refractivity contribution is 5.44. The largest absolute Gasteiger partial charge is 0.379 e. The van der Waals surface area contributed by atoms with Crippen LogP contribution in [-0.2, 0) is 12.8 Å². The molecular formula is C38H63FN4. The second-order valence-electron chi connectivity index (χ2n) is 10.3. The maximum absolute atomic E-state index is 12.1. The molecular weight excluding hydrogens is 531 g/mol. The number of halogens is 1. The Labute approximate surface area is 265 Å². The molecule has 1 aromatic heterocycles. The monoisotopic (exact) mass is 595 g/mol. The van der Waals surface area contributed by atoms with Crippen LogP contribution >= 0.6 is 0 Å². The molecule has 4 nitrogen and oxygen atoms in total. The van der Waals surface area contributed by atoms with Crippen LogP contribution in [0.3, 0.4) is 0 Å². The van der Waals surface area contributed by atoms with Crippen molar-refractivity contribution in [3.8, 4) is 0 Å². The molecule has 0 bridgehead atoms. The maximum Gasteiger partial charge on any atom is 0.129 e. The van der Waals surface area contributed by atoms with Gasteiger partial charge in [-0.1, -0.05) is 82.3 Å². The number of unbranched alkanes of at least 4 members (excludes halogenated alkanes) is 1. The van der Waals surface area contributed by atoms with E-state index in [0.717, 1.165) is 56.0 Å². The first-order valence-corrected chi connectivity index (χ1v) is 16.1. The average Bonchev–Trinajstić information content (AvgIpc) is 3.00. The normalized spacial score (nSPS) is 10.8. The summed E-state index contributed by atoms with van der Waals surface area (Å²) >= 11 is 0. The number of anilines is 1. The van der Waals surface area contributed by atoms with Crippen LogP contribution in [0.25, 0.3) is 0 Å². The van der Waals surface area contributed by atoms with Gasteiger partial charge in [0.2, 0.25) is 0 Å². The van der Waals surface area contributed by atoms with Crippen molar-refractivity contribution in [2.45, 2.75) is 100.0 Å². The fourth-order valence-corrected chi connectivity index (χ4v) is 4.22. The van der Waals surface area contributed by atoms with E-state index in [2.05, 4.69) is 68.2 Å². The number of aryl methyl sites for hydroxylation is 3. The summed E-state index contributed by atoms with van der Waals surface area (Å²) in [5, 5.41) is 6.73. The Hall–Kier alpha value is -3.18. The molecule has 0 spiro atoms. The van der Waals surface area contributed by atoms with Gasteiger partial charge in [0.05, 0.1) is 0 Å². The number of allylic oxidation sites excluding steroid dienone is 3. The molecule has 2 N–H and O–H groups in total. The molecule has 0 saturated heterocycles. The van der Waals surface area contributed by atoms with Crippen molar-refractivity contribution in [3.05, 3.63) is 108 Å². The van der Waals surface area contributed by atoms with E-state index >= 15 is 0 Å². The highest BCUT2D eigenvalue weighted by Crippen LogP contribution is 2.15. The Morgan fingerprint density at radius 2 is 1.63 bits per heavy atom. The summed E-state index contributed by atoms with van der Waals surface area (Å²) in [6.45, 7) is 31.3. The molecule has 1 aromatic carbocycles. The number of benzene rings is 1. The predicted octanol–water partition coefficient (Wildman–Crippen LogP) is 10.1. The SMILES string of the molecule is C=C(/C=C\C)NC(CCN(CCC)CCCCc1ccc(CC)c(NC)n1)C(=C)C.C=CC.CC.Cc1ccc(F)cc1. The van der Waals surface area contributed by atoms with Crippen LogP contribution in [0.4, 0.5) is 10.2 Å². The van der Waals surface area contributed by atoms with Gasteiger partial charge in [-0.2, -0.15) is 0 Å². The Balaban J connectivity index is 0. The number of pyridine rings is 1. The van der Waals surface area contributed by atoms with Gasteiger partial charge in [-0.3, -0.25) is 0 Å². The van der Waals surface area contributed by atoms with E-state index in [0.29, 0.717) is 0 Å². The number of aromatic nitrogens is 1. The van der Waals surface area contributed by atoms with Gasteiger partial charge in [0.25, 0.3) is 0 Å².